The lowest BCUT2D eigenvalue weighted by Crippen LogP contribution is -2.46. The maximum absolute atomic E-state index is 13.7. The fourth-order valence-corrected chi connectivity index (χ4v) is 7.82. The van der Waals surface area contributed by atoms with Crippen molar-refractivity contribution in [3.63, 3.8) is 0 Å². The Balaban J connectivity index is 1.52. The molecule has 34 heavy (non-hydrogen) atoms. The first kappa shape index (κ1) is 25.2. The first-order valence-electron chi connectivity index (χ1n) is 11.5. The maximum atomic E-state index is 13.7. The van der Waals surface area contributed by atoms with E-state index in [1.807, 2.05) is 0 Å². The van der Waals surface area contributed by atoms with Crippen LogP contribution in [0.3, 0.4) is 0 Å². The van der Waals surface area contributed by atoms with Crippen molar-refractivity contribution in [1.82, 2.24) is 14.2 Å². The molecular formula is C23H29FN4O3S3. The van der Waals surface area contributed by atoms with Gasteiger partial charge in [-0.15, -0.1) is 11.3 Å². The Labute approximate surface area is 207 Å². The van der Waals surface area contributed by atoms with Crippen LogP contribution in [-0.2, 0) is 14.8 Å². The molecule has 1 aliphatic heterocycles. The van der Waals surface area contributed by atoms with Gasteiger partial charge in [-0.3, -0.25) is 9.69 Å². The summed E-state index contributed by atoms with van der Waals surface area (Å²) < 4.78 is 41.9. The number of likely N-dealkylation sites (N-methyl/N-ethyl adjacent to an activating group) is 1. The number of hydrogen-bond donors (Lipinski definition) is 0. The van der Waals surface area contributed by atoms with Crippen molar-refractivity contribution in [2.75, 3.05) is 44.2 Å². The average Bonchev–Trinajstić information content (AvgIpc) is 3.52. The van der Waals surface area contributed by atoms with Gasteiger partial charge in [0.05, 0.1) is 10.2 Å². The first-order valence-corrected chi connectivity index (χ1v) is 14.6. The van der Waals surface area contributed by atoms with E-state index in [0.29, 0.717) is 58.6 Å². The van der Waals surface area contributed by atoms with Gasteiger partial charge < -0.3 is 4.90 Å². The largest absolute Gasteiger partial charge is 0.302 e. The van der Waals surface area contributed by atoms with Crippen molar-refractivity contribution in [3.8, 4) is 0 Å². The standard InChI is InChI=1S/C23H29FN4O3S3/c1-3-26(4-2)13-14-28(23-25-19-8-7-18(24)16-20(19)33-23)22(29)17-9-11-27(12-10-17)34(30,31)21-6-5-15-32-21/h5-8,15-17H,3-4,9-14H2,1-2H3. The number of aromatic nitrogens is 1. The molecule has 1 amide bonds. The summed E-state index contributed by atoms with van der Waals surface area (Å²) in [7, 11) is -3.52. The summed E-state index contributed by atoms with van der Waals surface area (Å²) in [6, 6.07) is 7.79. The second-order valence-corrected chi connectivity index (χ2v) is 12.4. The molecule has 1 aromatic carbocycles. The van der Waals surface area contributed by atoms with Crippen molar-refractivity contribution in [3.05, 3.63) is 41.5 Å². The molecule has 0 aliphatic carbocycles. The normalized spacial score (nSPS) is 15.9. The smallest absolute Gasteiger partial charge is 0.252 e. The fourth-order valence-electron chi connectivity index (χ4n) is 4.18. The van der Waals surface area contributed by atoms with Crippen LogP contribution in [0.4, 0.5) is 9.52 Å². The van der Waals surface area contributed by atoms with Gasteiger partial charge in [0, 0.05) is 32.1 Å². The Morgan fingerprint density at radius 2 is 1.91 bits per heavy atom. The lowest BCUT2D eigenvalue weighted by molar-refractivity contribution is -0.123. The number of piperidine rings is 1. The molecule has 0 N–H and O–H groups in total. The zero-order valence-electron chi connectivity index (χ0n) is 19.3. The summed E-state index contributed by atoms with van der Waals surface area (Å²) in [5.74, 6) is -0.655. The van der Waals surface area contributed by atoms with Crippen LogP contribution >= 0.6 is 22.7 Å². The summed E-state index contributed by atoms with van der Waals surface area (Å²) in [5, 5.41) is 2.31. The van der Waals surface area contributed by atoms with Crippen molar-refractivity contribution in [2.24, 2.45) is 5.92 Å². The fraction of sp³-hybridized carbons (Fsp3) is 0.478. The summed E-state index contributed by atoms with van der Waals surface area (Å²) in [6.07, 6.45) is 0.926. The van der Waals surface area contributed by atoms with Crippen molar-refractivity contribution < 1.29 is 17.6 Å². The lowest BCUT2D eigenvalue weighted by atomic mass is 9.96. The number of anilines is 1. The van der Waals surface area contributed by atoms with Gasteiger partial charge in [-0.25, -0.2) is 17.8 Å². The quantitative estimate of drug-likeness (QED) is 0.418. The van der Waals surface area contributed by atoms with E-state index in [9.17, 15) is 17.6 Å². The number of nitrogens with zero attached hydrogens (tertiary/aromatic N) is 4. The highest BCUT2D eigenvalue weighted by Gasteiger charge is 2.35. The second-order valence-electron chi connectivity index (χ2n) is 8.24. The van der Waals surface area contributed by atoms with E-state index in [1.165, 1.54) is 39.1 Å². The van der Waals surface area contributed by atoms with E-state index in [2.05, 4.69) is 23.7 Å². The molecule has 3 heterocycles. The molecule has 0 radical (unpaired) electrons. The van der Waals surface area contributed by atoms with Gasteiger partial charge in [-0.05, 0) is 55.6 Å². The number of hydrogen-bond acceptors (Lipinski definition) is 7. The van der Waals surface area contributed by atoms with Crippen LogP contribution in [0.2, 0.25) is 0 Å². The molecule has 2 aromatic heterocycles. The van der Waals surface area contributed by atoms with Gasteiger partial charge in [0.2, 0.25) is 5.91 Å². The van der Waals surface area contributed by atoms with Gasteiger partial charge in [0.15, 0.2) is 5.13 Å². The maximum Gasteiger partial charge on any atom is 0.252 e. The number of carbonyl (C=O) groups excluding carboxylic acids is 1. The van der Waals surface area contributed by atoms with Gasteiger partial charge in [0.1, 0.15) is 10.0 Å². The molecule has 1 saturated heterocycles. The third kappa shape index (κ3) is 5.33. The first-order chi connectivity index (χ1) is 16.3. The number of thiazole rings is 1. The minimum Gasteiger partial charge on any atom is -0.302 e. The molecular weight excluding hydrogens is 495 g/mol. The van der Waals surface area contributed by atoms with E-state index in [0.717, 1.165) is 13.1 Å². The summed E-state index contributed by atoms with van der Waals surface area (Å²) >= 11 is 2.52. The van der Waals surface area contributed by atoms with Crippen LogP contribution in [0, 0.1) is 11.7 Å². The molecule has 1 aliphatic rings. The molecule has 4 rings (SSSR count). The van der Waals surface area contributed by atoms with Crippen LogP contribution in [0.15, 0.2) is 39.9 Å². The SMILES string of the molecule is CCN(CC)CCN(C(=O)C1CCN(S(=O)(=O)c2cccs2)CC1)c1nc2ccc(F)cc2s1. The van der Waals surface area contributed by atoms with Crippen LogP contribution in [-0.4, -0.2) is 67.8 Å². The molecule has 11 heteroatoms. The summed E-state index contributed by atoms with van der Waals surface area (Å²) in [6.45, 7) is 7.73. The Morgan fingerprint density at radius 3 is 2.56 bits per heavy atom. The number of rotatable bonds is 9. The minimum absolute atomic E-state index is 0.0418. The highest BCUT2D eigenvalue weighted by Crippen LogP contribution is 2.32. The monoisotopic (exact) mass is 524 g/mol. The average molecular weight is 525 g/mol. The zero-order valence-corrected chi connectivity index (χ0v) is 21.8. The Kier molecular flexibility index (Phi) is 7.98. The van der Waals surface area contributed by atoms with Crippen molar-refractivity contribution in [2.45, 2.75) is 30.9 Å². The number of carbonyl (C=O) groups is 1. The predicted octanol–water partition coefficient (Wildman–Crippen LogP) is 4.27. The number of thiophene rings is 1. The van der Waals surface area contributed by atoms with Gasteiger partial charge in [-0.1, -0.05) is 31.3 Å². The predicted molar refractivity (Wildman–Crippen MR) is 136 cm³/mol. The van der Waals surface area contributed by atoms with Crippen LogP contribution < -0.4 is 4.90 Å². The molecule has 0 atom stereocenters. The Morgan fingerprint density at radius 1 is 1.18 bits per heavy atom. The van der Waals surface area contributed by atoms with Gasteiger partial charge >= 0.3 is 0 Å². The summed E-state index contributed by atoms with van der Waals surface area (Å²) in [5.41, 5.74) is 0.666. The third-order valence-electron chi connectivity index (χ3n) is 6.26. The molecule has 0 unspecified atom stereocenters. The number of halogens is 1. The van der Waals surface area contributed by atoms with Gasteiger partial charge in [0.25, 0.3) is 10.0 Å². The minimum atomic E-state index is -3.52. The Hall–Kier alpha value is -1.92. The van der Waals surface area contributed by atoms with E-state index in [1.54, 1.807) is 28.5 Å². The molecule has 0 saturated carbocycles. The summed E-state index contributed by atoms with van der Waals surface area (Å²) in [4.78, 5) is 22.2. The highest BCUT2D eigenvalue weighted by molar-refractivity contribution is 7.91. The molecule has 1 fully saturated rings. The lowest BCUT2D eigenvalue weighted by Gasteiger charge is -2.33. The van der Waals surface area contributed by atoms with E-state index in [-0.39, 0.29) is 17.6 Å². The molecule has 0 spiro atoms. The van der Waals surface area contributed by atoms with Crippen LogP contribution in [0.1, 0.15) is 26.7 Å². The van der Waals surface area contributed by atoms with Crippen molar-refractivity contribution >= 4 is 54.0 Å². The van der Waals surface area contributed by atoms with Crippen LogP contribution in [0.5, 0.6) is 0 Å². The van der Waals surface area contributed by atoms with E-state index in [4.69, 9.17) is 0 Å². The second kappa shape index (κ2) is 10.8. The number of sulfonamides is 1. The molecule has 0 bridgehead atoms. The van der Waals surface area contributed by atoms with Gasteiger partial charge in [-0.2, -0.15) is 4.31 Å². The van der Waals surface area contributed by atoms with E-state index < -0.39 is 10.0 Å². The molecule has 184 valence electrons. The topological polar surface area (TPSA) is 73.8 Å². The molecule has 3 aromatic rings. The molecule has 7 nitrogen and oxygen atoms in total. The highest BCUT2D eigenvalue weighted by atomic mass is 32.2. The Bertz CT molecular complexity index is 1220. The van der Waals surface area contributed by atoms with Crippen LogP contribution in [0.25, 0.3) is 10.2 Å². The third-order valence-corrected chi connectivity index (χ3v) is 10.6. The number of amides is 1. The number of benzene rings is 1. The van der Waals surface area contributed by atoms with E-state index >= 15 is 0 Å². The number of fused-ring (bicyclic) bond motifs is 1. The zero-order chi connectivity index (χ0) is 24.3. The van der Waals surface area contributed by atoms with Crippen molar-refractivity contribution in [1.29, 1.82) is 0 Å².